The number of hydrogen-bond acceptors (Lipinski definition) is 5. The van der Waals surface area contributed by atoms with Crippen molar-refractivity contribution in [3.8, 4) is 11.3 Å². The highest BCUT2D eigenvalue weighted by molar-refractivity contribution is 5.62. The quantitative estimate of drug-likeness (QED) is 0.517. The Kier molecular flexibility index (Phi) is 9.76. The number of rotatable bonds is 8. The molecular formula is C21H30FN3O4. The third-order valence-electron chi connectivity index (χ3n) is 5.05. The van der Waals surface area contributed by atoms with Crippen LogP contribution in [0.2, 0.25) is 0 Å². The van der Waals surface area contributed by atoms with Crippen LogP contribution in [0.1, 0.15) is 31.4 Å². The zero-order valence-corrected chi connectivity index (χ0v) is 16.8. The van der Waals surface area contributed by atoms with E-state index in [-0.39, 0.29) is 18.9 Å². The van der Waals surface area contributed by atoms with Crippen molar-refractivity contribution in [3.63, 3.8) is 0 Å². The molecule has 1 aliphatic rings. The van der Waals surface area contributed by atoms with Gasteiger partial charge in [-0.05, 0) is 50.2 Å². The SMILES string of the molecule is CCN1CCCC(c2c(-c3ccc(F)cc3)ncn2CCOCCO)C1.O=CO. The van der Waals surface area contributed by atoms with Crippen LogP contribution >= 0.6 is 0 Å². The molecule has 2 N–H and O–H groups in total. The first-order valence-corrected chi connectivity index (χ1v) is 9.94. The van der Waals surface area contributed by atoms with Gasteiger partial charge < -0.3 is 24.4 Å². The van der Waals surface area contributed by atoms with Crippen LogP contribution in [0.15, 0.2) is 30.6 Å². The first kappa shape index (κ1) is 23.0. The molecule has 0 aliphatic carbocycles. The molecule has 0 saturated carbocycles. The zero-order chi connectivity index (χ0) is 21.1. The van der Waals surface area contributed by atoms with Gasteiger partial charge in [0.25, 0.3) is 6.47 Å². The average molecular weight is 407 g/mol. The van der Waals surface area contributed by atoms with Crippen LogP contribution in [0.4, 0.5) is 4.39 Å². The first-order chi connectivity index (χ1) is 14.1. The van der Waals surface area contributed by atoms with Gasteiger partial charge in [-0.15, -0.1) is 0 Å². The Balaban J connectivity index is 0.000000941. The van der Waals surface area contributed by atoms with Gasteiger partial charge in [0, 0.05) is 30.3 Å². The van der Waals surface area contributed by atoms with Crippen molar-refractivity contribution in [2.75, 3.05) is 39.5 Å². The third-order valence-corrected chi connectivity index (χ3v) is 5.05. The van der Waals surface area contributed by atoms with Crippen LogP contribution in [0.25, 0.3) is 11.3 Å². The molecule has 160 valence electrons. The van der Waals surface area contributed by atoms with Crippen molar-refractivity contribution < 1.29 is 24.1 Å². The van der Waals surface area contributed by atoms with Crippen molar-refractivity contribution >= 4 is 6.47 Å². The number of piperidine rings is 1. The van der Waals surface area contributed by atoms with E-state index < -0.39 is 0 Å². The molecule has 29 heavy (non-hydrogen) atoms. The van der Waals surface area contributed by atoms with Crippen molar-refractivity contribution in [2.24, 2.45) is 0 Å². The van der Waals surface area contributed by atoms with Crippen molar-refractivity contribution in [1.82, 2.24) is 14.5 Å². The summed E-state index contributed by atoms with van der Waals surface area (Å²) in [7, 11) is 0. The van der Waals surface area contributed by atoms with Crippen molar-refractivity contribution in [1.29, 1.82) is 0 Å². The Morgan fingerprint density at radius 3 is 2.69 bits per heavy atom. The molecule has 0 radical (unpaired) electrons. The van der Waals surface area contributed by atoms with Crippen LogP contribution in [0.3, 0.4) is 0 Å². The number of carbonyl (C=O) groups is 1. The molecule has 7 nitrogen and oxygen atoms in total. The molecule has 0 spiro atoms. The molecule has 2 heterocycles. The van der Waals surface area contributed by atoms with Crippen LogP contribution < -0.4 is 0 Å². The highest BCUT2D eigenvalue weighted by Crippen LogP contribution is 2.34. The van der Waals surface area contributed by atoms with Gasteiger partial charge in [0.2, 0.25) is 0 Å². The van der Waals surface area contributed by atoms with Crippen LogP contribution in [0, 0.1) is 5.82 Å². The van der Waals surface area contributed by atoms with Gasteiger partial charge in [-0.25, -0.2) is 9.37 Å². The summed E-state index contributed by atoms with van der Waals surface area (Å²) in [5.41, 5.74) is 3.10. The van der Waals surface area contributed by atoms with Gasteiger partial charge in [0.05, 0.1) is 31.8 Å². The van der Waals surface area contributed by atoms with Gasteiger partial charge in [-0.2, -0.15) is 0 Å². The molecule has 0 bridgehead atoms. The Morgan fingerprint density at radius 1 is 1.31 bits per heavy atom. The molecular weight excluding hydrogens is 377 g/mol. The number of aliphatic hydroxyl groups is 1. The minimum Gasteiger partial charge on any atom is -0.483 e. The summed E-state index contributed by atoms with van der Waals surface area (Å²) in [6.07, 6.45) is 4.17. The lowest BCUT2D eigenvalue weighted by Gasteiger charge is -2.32. The predicted octanol–water partition coefficient (Wildman–Crippen LogP) is 2.60. The minimum absolute atomic E-state index is 0.0334. The monoisotopic (exact) mass is 407 g/mol. The first-order valence-electron chi connectivity index (χ1n) is 9.94. The summed E-state index contributed by atoms with van der Waals surface area (Å²) >= 11 is 0. The van der Waals surface area contributed by atoms with Gasteiger partial charge in [0.15, 0.2) is 0 Å². The summed E-state index contributed by atoms with van der Waals surface area (Å²) in [5, 5.41) is 15.8. The van der Waals surface area contributed by atoms with E-state index in [4.69, 9.17) is 19.7 Å². The fourth-order valence-electron chi connectivity index (χ4n) is 3.72. The van der Waals surface area contributed by atoms with Crippen LogP contribution in [-0.4, -0.2) is 70.6 Å². The van der Waals surface area contributed by atoms with Gasteiger partial charge in [-0.3, -0.25) is 4.79 Å². The Morgan fingerprint density at radius 2 is 2.03 bits per heavy atom. The summed E-state index contributed by atoms with van der Waals surface area (Å²) < 4.78 is 20.9. The van der Waals surface area contributed by atoms with E-state index in [2.05, 4.69) is 21.4 Å². The van der Waals surface area contributed by atoms with Crippen molar-refractivity contribution in [3.05, 3.63) is 42.1 Å². The van der Waals surface area contributed by atoms with Crippen molar-refractivity contribution in [2.45, 2.75) is 32.2 Å². The summed E-state index contributed by atoms with van der Waals surface area (Å²) in [6, 6.07) is 6.58. The molecule has 1 aromatic heterocycles. The molecule has 3 rings (SSSR count). The average Bonchev–Trinajstić information content (AvgIpc) is 3.16. The Hall–Kier alpha value is -2.29. The number of likely N-dealkylation sites (tertiary alicyclic amines) is 1. The smallest absolute Gasteiger partial charge is 0.290 e. The summed E-state index contributed by atoms with van der Waals surface area (Å²) in [6.45, 7) is 6.79. The molecule has 2 aromatic rings. The van der Waals surface area contributed by atoms with Gasteiger partial charge in [0.1, 0.15) is 5.82 Å². The molecule has 1 atom stereocenters. The number of benzene rings is 1. The maximum Gasteiger partial charge on any atom is 0.290 e. The number of likely N-dealkylation sites (N-methyl/N-ethyl adjacent to an activating group) is 1. The number of aromatic nitrogens is 2. The molecule has 1 fully saturated rings. The standard InChI is InChI=1S/C20H28FN3O2.CH2O2/c1-2-23-9-3-4-17(14-23)20-19(16-5-7-18(21)8-6-16)22-15-24(20)10-12-26-13-11-25;2-1-3/h5-8,15,17,25H,2-4,9-14H2,1H3;1H,(H,2,3). The normalized spacial score (nSPS) is 16.9. The summed E-state index contributed by atoms with van der Waals surface area (Å²) in [4.78, 5) is 15.5. The van der Waals surface area contributed by atoms with E-state index in [0.717, 1.165) is 37.3 Å². The molecule has 1 saturated heterocycles. The number of carboxylic acid groups (broad SMARTS) is 1. The van der Waals surface area contributed by atoms with Gasteiger partial charge in [-0.1, -0.05) is 6.92 Å². The predicted molar refractivity (Wildman–Crippen MR) is 108 cm³/mol. The maximum atomic E-state index is 13.3. The third kappa shape index (κ3) is 6.62. The molecule has 1 aromatic carbocycles. The van der Waals surface area contributed by atoms with Crippen LogP contribution in [0.5, 0.6) is 0 Å². The van der Waals surface area contributed by atoms with E-state index >= 15 is 0 Å². The number of aliphatic hydroxyl groups excluding tert-OH is 1. The molecule has 8 heteroatoms. The summed E-state index contributed by atoms with van der Waals surface area (Å²) in [5.74, 6) is 0.172. The molecule has 1 unspecified atom stereocenters. The second-order valence-corrected chi connectivity index (χ2v) is 6.85. The van der Waals surface area contributed by atoms with E-state index in [1.165, 1.54) is 24.2 Å². The lowest BCUT2D eigenvalue weighted by atomic mass is 9.91. The fraction of sp³-hybridized carbons (Fsp3) is 0.524. The number of halogens is 1. The fourth-order valence-corrected chi connectivity index (χ4v) is 3.72. The number of hydrogen-bond donors (Lipinski definition) is 2. The zero-order valence-electron chi connectivity index (χ0n) is 16.8. The largest absolute Gasteiger partial charge is 0.483 e. The second-order valence-electron chi connectivity index (χ2n) is 6.85. The van der Waals surface area contributed by atoms with E-state index in [1.54, 1.807) is 12.1 Å². The molecule has 1 aliphatic heterocycles. The van der Waals surface area contributed by atoms with E-state index in [1.807, 2.05) is 6.33 Å². The Bertz CT molecular complexity index is 736. The van der Waals surface area contributed by atoms with Crippen LogP contribution in [-0.2, 0) is 16.1 Å². The number of nitrogens with zero attached hydrogens (tertiary/aromatic N) is 3. The highest BCUT2D eigenvalue weighted by Gasteiger charge is 2.26. The highest BCUT2D eigenvalue weighted by atomic mass is 19.1. The lowest BCUT2D eigenvalue weighted by molar-refractivity contribution is -0.122. The lowest BCUT2D eigenvalue weighted by Crippen LogP contribution is -2.35. The van der Waals surface area contributed by atoms with E-state index in [9.17, 15) is 4.39 Å². The second kappa shape index (κ2) is 12.3. The number of imidazole rings is 1. The Labute approximate surface area is 170 Å². The topological polar surface area (TPSA) is 87.8 Å². The maximum absolute atomic E-state index is 13.3. The molecule has 0 amide bonds. The van der Waals surface area contributed by atoms with Gasteiger partial charge >= 0.3 is 0 Å². The van der Waals surface area contributed by atoms with E-state index in [0.29, 0.717) is 25.7 Å². The minimum atomic E-state index is -0.250. The number of ether oxygens (including phenoxy) is 1.